The van der Waals surface area contributed by atoms with Crippen LogP contribution in [0.25, 0.3) is 0 Å². The zero-order valence-electron chi connectivity index (χ0n) is 18.3. The van der Waals surface area contributed by atoms with E-state index in [1.807, 2.05) is 6.92 Å². The number of carbonyl (C=O) groups excluding carboxylic acids is 4. The van der Waals surface area contributed by atoms with Crippen LogP contribution in [0, 0.1) is 0 Å². The Morgan fingerprint density at radius 3 is 1.32 bits per heavy atom. The summed E-state index contributed by atoms with van der Waals surface area (Å²) >= 11 is 0. The highest BCUT2D eigenvalue weighted by Gasteiger charge is 2.67. The summed E-state index contributed by atoms with van der Waals surface area (Å²) in [4.78, 5) is 52.5. The molecule has 0 aliphatic heterocycles. The molecule has 28 heavy (non-hydrogen) atoms. The van der Waals surface area contributed by atoms with E-state index in [4.69, 9.17) is 4.74 Å². The third kappa shape index (κ3) is 5.57. The molecule has 0 heterocycles. The lowest BCUT2D eigenvalue weighted by atomic mass is 9.68. The maximum absolute atomic E-state index is 13.2. The summed E-state index contributed by atoms with van der Waals surface area (Å²) in [5.41, 5.74) is -5.22. The lowest BCUT2D eigenvalue weighted by Crippen LogP contribution is -2.72. The van der Waals surface area contributed by atoms with Crippen LogP contribution in [0.5, 0.6) is 0 Å². The minimum atomic E-state index is -2.77. The Hall–Kier alpha value is -1.40. The Labute approximate surface area is 169 Å². The van der Waals surface area contributed by atoms with E-state index in [9.17, 15) is 24.3 Å². The number of Topliss-reactive ketones (excluding diaryl/α,β-unsaturated/α-hetero) is 4. The van der Waals surface area contributed by atoms with Crippen LogP contribution in [0.3, 0.4) is 0 Å². The summed E-state index contributed by atoms with van der Waals surface area (Å²) in [6.07, 6.45) is 2.56. The highest BCUT2D eigenvalue weighted by molar-refractivity contribution is 6.25. The summed E-state index contributed by atoms with van der Waals surface area (Å²) in [5.74, 6) is -2.97. The van der Waals surface area contributed by atoms with Gasteiger partial charge in [-0.05, 0) is 32.1 Å². The van der Waals surface area contributed by atoms with Gasteiger partial charge in [0, 0.05) is 32.3 Å². The van der Waals surface area contributed by atoms with Crippen LogP contribution in [0.1, 0.15) is 98.8 Å². The van der Waals surface area contributed by atoms with Crippen molar-refractivity contribution < 1.29 is 29.0 Å². The molecular formula is C22H38O6. The molecule has 1 N–H and O–H groups in total. The molecule has 162 valence electrons. The van der Waals surface area contributed by atoms with Gasteiger partial charge in [-0.1, -0.05) is 41.0 Å². The molecule has 0 unspecified atom stereocenters. The number of ether oxygens (including phenoxy) is 1. The molecule has 0 aliphatic carbocycles. The van der Waals surface area contributed by atoms with E-state index in [2.05, 4.69) is 0 Å². The van der Waals surface area contributed by atoms with E-state index >= 15 is 0 Å². The largest absolute Gasteiger partial charge is 0.372 e. The predicted octanol–water partition coefficient (Wildman–Crippen LogP) is 3.75. The van der Waals surface area contributed by atoms with Crippen molar-refractivity contribution in [3.05, 3.63) is 0 Å². The van der Waals surface area contributed by atoms with Crippen molar-refractivity contribution in [2.45, 2.75) is 110 Å². The highest BCUT2D eigenvalue weighted by Crippen LogP contribution is 2.36. The minimum absolute atomic E-state index is 0.0164. The SMILES string of the molecule is CCCCOC(C(=O)CCC)(C(=O)CCC)C(O)(C(=O)CCC)C(=O)CCC. The van der Waals surface area contributed by atoms with Gasteiger partial charge in [0.1, 0.15) is 0 Å². The first-order valence-electron chi connectivity index (χ1n) is 10.7. The molecule has 0 amide bonds. The van der Waals surface area contributed by atoms with Gasteiger partial charge in [0.25, 0.3) is 0 Å². The monoisotopic (exact) mass is 398 g/mol. The van der Waals surface area contributed by atoms with Crippen molar-refractivity contribution in [2.75, 3.05) is 6.61 Å². The third-order valence-corrected chi connectivity index (χ3v) is 4.83. The van der Waals surface area contributed by atoms with Crippen LogP contribution in [0.4, 0.5) is 0 Å². The topological polar surface area (TPSA) is 97.7 Å². The molecule has 0 aromatic carbocycles. The Balaban J connectivity index is 6.76. The highest BCUT2D eigenvalue weighted by atomic mass is 16.5. The van der Waals surface area contributed by atoms with Crippen molar-refractivity contribution in [1.29, 1.82) is 0 Å². The number of rotatable bonds is 17. The van der Waals surface area contributed by atoms with Gasteiger partial charge in [0.15, 0.2) is 23.1 Å². The normalized spacial score (nSPS) is 12.1. The van der Waals surface area contributed by atoms with Gasteiger partial charge < -0.3 is 9.84 Å². The zero-order valence-corrected chi connectivity index (χ0v) is 18.3. The van der Waals surface area contributed by atoms with Gasteiger partial charge in [-0.25, -0.2) is 0 Å². The smallest absolute Gasteiger partial charge is 0.227 e. The molecule has 0 aromatic heterocycles. The number of hydrogen-bond donors (Lipinski definition) is 1. The van der Waals surface area contributed by atoms with E-state index in [1.54, 1.807) is 27.7 Å². The first kappa shape index (κ1) is 26.6. The summed E-state index contributed by atoms with van der Waals surface area (Å²) in [5, 5.41) is 11.5. The molecule has 6 heteroatoms. The molecule has 0 fully saturated rings. The number of hydrogen-bond acceptors (Lipinski definition) is 6. The van der Waals surface area contributed by atoms with E-state index in [-0.39, 0.29) is 32.3 Å². The van der Waals surface area contributed by atoms with Gasteiger partial charge in [-0.15, -0.1) is 0 Å². The second-order valence-corrected chi connectivity index (χ2v) is 7.29. The van der Waals surface area contributed by atoms with E-state index in [0.29, 0.717) is 32.1 Å². The Morgan fingerprint density at radius 2 is 1.00 bits per heavy atom. The number of unbranched alkanes of at least 4 members (excludes halogenated alkanes) is 1. The van der Waals surface area contributed by atoms with Gasteiger partial charge in [-0.3, -0.25) is 19.2 Å². The second-order valence-electron chi connectivity index (χ2n) is 7.29. The molecule has 0 aliphatic rings. The molecule has 0 radical (unpaired) electrons. The maximum atomic E-state index is 13.2. The van der Waals surface area contributed by atoms with Gasteiger partial charge in [0.2, 0.25) is 11.2 Å². The van der Waals surface area contributed by atoms with Crippen LogP contribution in [0.2, 0.25) is 0 Å². The fourth-order valence-electron chi connectivity index (χ4n) is 3.36. The fourth-order valence-corrected chi connectivity index (χ4v) is 3.36. The molecule has 0 spiro atoms. The second kappa shape index (κ2) is 12.9. The molecule has 0 saturated carbocycles. The fraction of sp³-hybridized carbons (Fsp3) is 0.818. The Morgan fingerprint density at radius 1 is 0.643 bits per heavy atom. The van der Waals surface area contributed by atoms with Crippen molar-refractivity contribution in [2.24, 2.45) is 0 Å². The molecular weight excluding hydrogens is 360 g/mol. The van der Waals surface area contributed by atoms with E-state index in [1.165, 1.54) is 0 Å². The quantitative estimate of drug-likeness (QED) is 0.296. The van der Waals surface area contributed by atoms with Gasteiger partial charge >= 0.3 is 0 Å². The Bertz CT molecular complexity index is 501. The van der Waals surface area contributed by atoms with E-state index in [0.717, 1.165) is 6.42 Å². The van der Waals surface area contributed by atoms with Crippen molar-refractivity contribution >= 4 is 23.1 Å². The lowest BCUT2D eigenvalue weighted by molar-refractivity contribution is -0.201. The number of carbonyl (C=O) groups is 4. The molecule has 6 nitrogen and oxygen atoms in total. The van der Waals surface area contributed by atoms with Crippen LogP contribution in [-0.4, -0.2) is 46.0 Å². The molecule has 0 bridgehead atoms. The number of ketones is 4. The maximum Gasteiger partial charge on any atom is 0.227 e. The number of aliphatic hydroxyl groups is 1. The van der Waals surface area contributed by atoms with Gasteiger partial charge in [0.05, 0.1) is 0 Å². The first-order valence-corrected chi connectivity index (χ1v) is 10.7. The lowest BCUT2D eigenvalue weighted by Gasteiger charge is -2.42. The van der Waals surface area contributed by atoms with Crippen LogP contribution < -0.4 is 0 Å². The van der Waals surface area contributed by atoms with Crippen molar-refractivity contribution in [3.63, 3.8) is 0 Å². The molecule has 0 rings (SSSR count). The van der Waals surface area contributed by atoms with Crippen LogP contribution in [-0.2, 0) is 23.9 Å². The summed E-state index contributed by atoms with van der Waals surface area (Å²) in [7, 11) is 0. The first-order chi connectivity index (χ1) is 13.2. The molecule has 0 saturated heterocycles. The summed E-state index contributed by atoms with van der Waals surface area (Å²) in [6.45, 7) is 8.94. The predicted molar refractivity (Wildman–Crippen MR) is 108 cm³/mol. The van der Waals surface area contributed by atoms with Crippen molar-refractivity contribution in [3.8, 4) is 0 Å². The average molecular weight is 399 g/mol. The third-order valence-electron chi connectivity index (χ3n) is 4.83. The van der Waals surface area contributed by atoms with Crippen molar-refractivity contribution in [1.82, 2.24) is 0 Å². The van der Waals surface area contributed by atoms with Gasteiger partial charge in [-0.2, -0.15) is 0 Å². The van der Waals surface area contributed by atoms with E-state index < -0.39 is 34.3 Å². The zero-order chi connectivity index (χ0) is 21.8. The van der Waals surface area contributed by atoms with Crippen LogP contribution >= 0.6 is 0 Å². The Kier molecular flexibility index (Phi) is 12.3. The van der Waals surface area contributed by atoms with Crippen LogP contribution in [0.15, 0.2) is 0 Å². The minimum Gasteiger partial charge on any atom is -0.372 e. The molecule has 0 atom stereocenters. The standard InChI is InChI=1S/C22H38O6/c1-6-11-16-28-22(19(25)14-9-4,20(26)15-10-5)21(27,17(23)12-7-2)18(24)13-8-3/h27H,6-16H2,1-5H3. The summed E-state index contributed by atoms with van der Waals surface area (Å²) in [6, 6.07) is 0. The average Bonchev–Trinajstić information content (AvgIpc) is 2.65. The summed E-state index contributed by atoms with van der Waals surface area (Å²) < 4.78 is 5.81. The molecule has 0 aromatic rings.